The normalized spacial score (nSPS) is 12.1. The van der Waals surface area contributed by atoms with Gasteiger partial charge in [0.05, 0.1) is 0 Å². The molecule has 0 saturated carbocycles. The van der Waals surface area contributed by atoms with E-state index in [9.17, 15) is 0 Å². The second kappa shape index (κ2) is 31.3. The fourth-order valence-corrected chi connectivity index (χ4v) is 13.8. The number of rotatable bonds is 0. The summed E-state index contributed by atoms with van der Waals surface area (Å²) in [4.78, 5) is 0. The standard InChI is InChI=1S/3C20H15B.C9H12.6C2H6/c3*1-3-10-18-14(6-1)12-16-8-5-9-17-13-15-7-2-4-11-19(15)21(18)20(16)17;1-7-4-8(2)6-9(3)5-7;6*1-2/h3*1-11H,12-13H2;4-6H,1-3H3;6*1-2H3. The van der Waals surface area contributed by atoms with Crippen LogP contribution in [0.1, 0.15) is 167 Å². The van der Waals surface area contributed by atoms with Crippen molar-refractivity contribution in [3.8, 4) is 0 Å². The van der Waals surface area contributed by atoms with Crippen LogP contribution >= 0.6 is 0 Å². The molecule has 10 aromatic rings. The van der Waals surface area contributed by atoms with Crippen LogP contribution in [0, 0.1) is 20.8 Å². The molecule has 16 rings (SSSR count). The summed E-state index contributed by atoms with van der Waals surface area (Å²) in [6, 6.07) is 81.0. The molecule has 426 valence electrons. The van der Waals surface area contributed by atoms with E-state index in [-0.39, 0.29) is 0 Å². The highest BCUT2D eigenvalue weighted by Crippen LogP contribution is 2.25. The Morgan fingerprint density at radius 1 is 0.190 bits per heavy atom. The van der Waals surface area contributed by atoms with Gasteiger partial charge in [0, 0.05) is 0 Å². The summed E-state index contributed by atoms with van der Waals surface area (Å²) in [6.07, 6.45) is 6.49. The lowest BCUT2D eigenvalue weighted by atomic mass is 9.30. The zero-order chi connectivity index (χ0) is 60.3. The SMILES string of the molecule is CC.CC.CC.CC.CC.CC.Cc1cc(C)cc(C)c1.c1ccc2c(c1)Cc1cccc3c1B2c1ccccc1C3.c1ccc2c(c1)Cc1cccc3c1B2c1ccccc1C3.c1ccc2c(c1)Cc1cccc3c1B2c1ccccc1C3. The minimum absolute atomic E-state index is 0.436. The van der Waals surface area contributed by atoms with Crippen LogP contribution in [0.5, 0.6) is 0 Å². The van der Waals surface area contributed by atoms with E-state index < -0.39 is 0 Å². The molecule has 6 aliphatic rings. The number of aryl methyl sites for hydroxylation is 3. The molecule has 0 spiro atoms. The van der Waals surface area contributed by atoms with Crippen molar-refractivity contribution in [3.05, 3.63) is 302 Å². The van der Waals surface area contributed by atoms with Crippen molar-refractivity contribution < 1.29 is 0 Å². The molecule has 0 radical (unpaired) electrons. The van der Waals surface area contributed by atoms with Gasteiger partial charge in [0.1, 0.15) is 0 Å². The predicted octanol–water partition coefficient (Wildman–Crippen LogP) is 14.8. The molecule has 0 bridgehead atoms. The zero-order valence-electron chi connectivity index (χ0n) is 53.8. The first-order chi connectivity index (χ1) is 41.4. The zero-order valence-corrected chi connectivity index (χ0v) is 53.8. The maximum atomic E-state index is 2.32. The fourth-order valence-electron chi connectivity index (χ4n) is 13.8. The lowest BCUT2D eigenvalue weighted by Gasteiger charge is -2.33. The van der Waals surface area contributed by atoms with Crippen molar-refractivity contribution >= 4 is 69.3 Å². The van der Waals surface area contributed by atoms with Crippen molar-refractivity contribution in [2.75, 3.05) is 0 Å². The lowest BCUT2D eigenvalue weighted by Crippen LogP contribution is -2.61. The number of benzene rings is 10. The van der Waals surface area contributed by atoms with Crippen molar-refractivity contribution in [1.29, 1.82) is 0 Å². The molecule has 0 fully saturated rings. The van der Waals surface area contributed by atoms with Crippen LogP contribution < -0.4 is 49.2 Å². The molecular formula is C81H93B3. The molecule has 0 unspecified atom stereocenters. The van der Waals surface area contributed by atoms with Gasteiger partial charge in [0.15, 0.2) is 0 Å². The van der Waals surface area contributed by atoms with Crippen molar-refractivity contribution in [3.63, 3.8) is 0 Å². The van der Waals surface area contributed by atoms with Gasteiger partial charge in [-0.1, -0.05) is 367 Å². The van der Waals surface area contributed by atoms with Gasteiger partial charge in [-0.05, 0) is 126 Å². The van der Waals surface area contributed by atoms with Crippen LogP contribution in [0.2, 0.25) is 0 Å². The van der Waals surface area contributed by atoms with Crippen molar-refractivity contribution in [2.24, 2.45) is 0 Å². The summed E-state index contributed by atoms with van der Waals surface area (Å²) in [5.41, 5.74) is 35.9. The maximum Gasteiger partial charge on any atom is 0.242 e. The third-order valence-corrected chi connectivity index (χ3v) is 16.6. The van der Waals surface area contributed by atoms with Crippen LogP contribution in [-0.2, 0) is 38.5 Å². The molecule has 3 heteroatoms. The van der Waals surface area contributed by atoms with E-state index >= 15 is 0 Å². The molecule has 0 saturated heterocycles. The quantitative estimate of drug-likeness (QED) is 0.133. The Kier molecular flexibility index (Phi) is 23.9. The van der Waals surface area contributed by atoms with Crippen LogP contribution in [0.15, 0.2) is 218 Å². The molecule has 6 aliphatic heterocycles. The Labute approximate surface area is 510 Å². The summed E-state index contributed by atoms with van der Waals surface area (Å²) in [6.45, 7) is 31.7. The summed E-state index contributed by atoms with van der Waals surface area (Å²) < 4.78 is 0. The summed E-state index contributed by atoms with van der Waals surface area (Å²) >= 11 is 0. The van der Waals surface area contributed by atoms with Gasteiger partial charge >= 0.3 is 0 Å². The summed E-state index contributed by atoms with van der Waals surface area (Å²) in [5, 5.41) is 0. The Balaban J connectivity index is 0.000000156. The van der Waals surface area contributed by atoms with Gasteiger partial charge < -0.3 is 0 Å². The smallest absolute Gasteiger partial charge is 0.0683 e. The van der Waals surface area contributed by atoms with E-state index in [1.807, 2.05) is 83.1 Å². The van der Waals surface area contributed by atoms with E-state index in [0.29, 0.717) is 20.1 Å². The molecule has 0 nitrogen and oxygen atoms in total. The van der Waals surface area contributed by atoms with E-state index in [4.69, 9.17) is 0 Å². The van der Waals surface area contributed by atoms with Gasteiger partial charge in [-0.3, -0.25) is 0 Å². The number of fused-ring (bicyclic) bond motifs is 12. The van der Waals surface area contributed by atoms with E-state index in [2.05, 4.69) is 239 Å². The minimum atomic E-state index is 0.436. The van der Waals surface area contributed by atoms with Crippen LogP contribution in [0.4, 0.5) is 0 Å². The van der Waals surface area contributed by atoms with Crippen molar-refractivity contribution in [2.45, 2.75) is 142 Å². The molecule has 0 atom stereocenters. The Hall–Kier alpha value is -7.61. The van der Waals surface area contributed by atoms with E-state index in [1.54, 1.807) is 16.4 Å². The second-order valence-corrected chi connectivity index (χ2v) is 21.2. The molecule has 0 aromatic heterocycles. The van der Waals surface area contributed by atoms with Gasteiger partial charge in [-0.2, -0.15) is 0 Å². The average Bonchev–Trinajstić information content (AvgIpc) is 2.03. The number of hydrogen-bond acceptors (Lipinski definition) is 0. The van der Waals surface area contributed by atoms with Gasteiger partial charge in [0.2, 0.25) is 20.1 Å². The van der Waals surface area contributed by atoms with Gasteiger partial charge in [-0.15, -0.1) is 0 Å². The molecule has 0 amide bonds. The minimum Gasteiger partial charge on any atom is -0.0683 e. The van der Waals surface area contributed by atoms with Crippen molar-refractivity contribution in [1.82, 2.24) is 0 Å². The Morgan fingerprint density at radius 2 is 0.333 bits per heavy atom. The van der Waals surface area contributed by atoms with Crippen LogP contribution in [-0.4, -0.2) is 20.1 Å². The van der Waals surface area contributed by atoms with E-state index in [1.165, 1.54) is 116 Å². The first-order valence-corrected chi connectivity index (χ1v) is 32.3. The molecular weight excluding hydrogens is 1010 g/mol. The largest absolute Gasteiger partial charge is 0.242 e. The third kappa shape index (κ3) is 13.5. The fraction of sp³-hybridized carbons (Fsp3) is 0.259. The first-order valence-electron chi connectivity index (χ1n) is 32.3. The topological polar surface area (TPSA) is 0 Å². The molecule has 0 aliphatic carbocycles. The molecule has 10 aromatic carbocycles. The Morgan fingerprint density at radius 3 is 0.500 bits per heavy atom. The first kappa shape index (κ1) is 64.0. The van der Waals surface area contributed by atoms with Gasteiger partial charge in [0.25, 0.3) is 0 Å². The highest BCUT2D eigenvalue weighted by atomic mass is 14.3. The summed E-state index contributed by atoms with van der Waals surface area (Å²) in [5.74, 6) is 0. The molecule has 6 heterocycles. The summed E-state index contributed by atoms with van der Waals surface area (Å²) in [7, 11) is 0. The Bertz CT molecular complexity index is 3130. The third-order valence-electron chi connectivity index (χ3n) is 16.6. The number of hydrogen-bond donors (Lipinski definition) is 0. The predicted molar refractivity (Wildman–Crippen MR) is 378 cm³/mol. The average molecular weight is 1100 g/mol. The lowest BCUT2D eigenvalue weighted by molar-refractivity contribution is 1.15. The second-order valence-electron chi connectivity index (χ2n) is 21.2. The molecule has 0 N–H and O–H groups in total. The highest BCUT2D eigenvalue weighted by molar-refractivity contribution is 6.98. The molecule has 84 heavy (non-hydrogen) atoms. The van der Waals surface area contributed by atoms with E-state index in [0.717, 1.165) is 38.5 Å². The van der Waals surface area contributed by atoms with Crippen LogP contribution in [0.3, 0.4) is 0 Å². The highest BCUT2D eigenvalue weighted by Gasteiger charge is 2.39. The monoisotopic (exact) mass is 1100 g/mol. The maximum absolute atomic E-state index is 2.32. The van der Waals surface area contributed by atoms with Gasteiger partial charge in [-0.25, -0.2) is 0 Å². The van der Waals surface area contributed by atoms with Crippen LogP contribution in [0.25, 0.3) is 0 Å².